The van der Waals surface area contributed by atoms with Crippen LogP contribution in [0.2, 0.25) is 0 Å². The van der Waals surface area contributed by atoms with Gasteiger partial charge in [-0.15, -0.1) is 0 Å². The molecule has 1 aromatic carbocycles. The third-order valence-corrected chi connectivity index (χ3v) is 7.33. The van der Waals surface area contributed by atoms with Crippen molar-refractivity contribution in [3.05, 3.63) is 29.8 Å². The topological polar surface area (TPSA) is 78.5 Å². The first kappa shape index (κ1) is 19.3. The quantitative estimate of drug-likeness (QED) is 0.813. The van der Waals surface area contributed by atoms with Crippen molar-refractivity contribution in [1.29, 1.82) is 0 Å². The lowest BCUT2D eigenvalue weighted by atomic mass is 9.94. The molecule has 0 aliphatic carbocycles. The largest absolute Gasteiger partial charge is 0.352 e. The highest BCUT2D eigenvalue weighted by Gasteiger charge is 2.26. The molecule has 0 aromatic heterocycles. The molecule has 2 aliphatic rings. The zero-order chi connectivity index (χ0) is 18.6. The van der Waals surface area contributed by atoms with Crippen LogP contribution in [-0.4, -0.2) is 50.9 Å². The monoisotopic (exact) mass is 379 g/mol. The second kappa shape index (κ2) is 8.50. The first-order valence-corrected chi connectivity index (χ1v) is 11.0. The van der Waals surface area contributed by atoms with Crippen molar-refractivity contribution in [2.45, 2.75) is 50.0 Å². The minimum absolute atomic E-state index is 0.0165. The molecule has 144 valence electrons. The lowest BCUT2D eigenvalue weighted by Gasteiger charge is -2.30. The van der Waals surface area contributed by atoms with E-state index in [4.69, 9.17) is 0 Å². The summed E-state index contributed by atoms with van der Waals surface area (Å²) < 4.78 is 26.9. The molecular weight excluding hydrogens is 350 g/mol. The van der Waals surface area contributed by atoms with Crippen LogP contribution in [0.4, 0.5) is 0 Å². The average Bonchev–Trinajstić information content (AvgIpc) is 2.65. The van der Waals surface area contributed by atoms with Crippen molar-refractivity contribution in [1.82, 2.24) is 14.9 Å². The van der Waals surface area contributed by atoms with Crippen LogP contribution in [0.15, 0.2) is 29.2 Å². The van der Waals surface area contributed by atoms with Crippen molar-refractivity contribution in [2.75, 3.05) is 26.2 Å². The third kappa shape index (κ3) is 4.64. The number of carbonyl (C=O) groups is 1. The normalized spacial score (nSPS) is 25.0. The standard InChI is InChI=1S/C19H29N3O3S/c1-15-9-10-20-14-18(15)21-19(23)13-16-5-7-17(8-6-16)26(24,25)22-11-3-2-4-12-22/h5-8,15,18,20H,2-4,9-14H2,1H3,(H,21,23). The molecule has 1 amide bonds. The second-order valence-electron chi connectivity index (χ2n) is 7.43. The van der Waals surface area contributed by atoms with Gasteiger partial charge in [-0.2, -0.15) is 4.31 Å². The van der Waals surface area contributed by atoms with E-state index in [9.17, 15) is 13.2 Å². The number of hydrogen-bond acceptors (Lipinski definition) is 4. The Morgan fingerprint density at radius 3 is 2.54 bits per heavy atom. The minimum atomic E-state index is -3.41. The van der Waals surface area contributed by atoms with Crippen molar-refractivity contribution < 1.29 is 13.2 Å². The van der Waals surface area contributed by atoms with E-state index in [2.05, 4.69) is 17.6 Å². The van der Waals surface area contributed by atoms with E-state index in [0.717, 1.165) is 44.3 Å². The summed E-state index contributed by atoms with van der Waals surface area (Å²) in [5.41, 5.74) is 0.830. The van der Waals surface area contributed by atoms with Crippen molar-refractivity contribution in [3.8, 4) is 0 Å². The number of rotatable bonds is 5. The highest BCUT2D eigenvalue weighted by atomic mass is 32.2. The van der Waals surface area contributed by atoms with Gasteiger partial charge < -0.3 is 10.6 Å². The molecule has 2 saturated heterocycles. The van der Waals surface area contributed by atoms with E-state index in [-0.39, 0.29) is 18.4 Å². The molecule has 6 nitrogen and oxygen atoms in total. The maximum Gasteiger partial charge on any atom is 0.243 e. The number of sulfonamides is 1. The van der Waals surface area contributed by atoms with Crippen LogP contribution in [0, 0.1) is 5.92 Å². The average molecular weight is 380 g/mol. The lowest BCUT2D eigenvalue weighted by molar-refractivity contribution is -0.121. The summed E-state index contributed by atoms with van der Waals surface area (Å²) in [5, 5.41) is 6.39. The lowest BCUT2D eigenvalue weighted by Crippen LogP contribution is -2.50. The fraction of sp³-hybridized carbons (Fsp3) is 0.632. The van der Waals surface area contributed by atoms with Gasteiger partial charge in [-0.1, -0.05) is 25.5 Å². The molecule has 0 spiro atoms. The Morgan fingerprint density at radius 1 is 1.19 bits per heavy atom. The van der Waals surface area contributed by atoms with Gasteiger partial charge in [0.25, 0.3) is 0 Å². The zero-order valence-electron chi connectivity index (χ0n) is 15.4. The molecule has 7 heteroatoms. The molecule has 2 heterocycles. The fourth-order valence-electron chi connectivity index (χ4n) is 3.66. The number of nitrogens with zero attached hydrogens (tertiary/aromatic N) is 1. The Kier molecular flexibility index (Phi) is 6.32. The van der Waals surface area contributed by atoms with Gasteiger partial charge in [0.2, 0.25) is 15.9 Å². The molecule has 0 radical (unpaired) electrons. The first-order chi connectivity index (χ1) is 12.5. The van der Waals surface area contributed by atoms with Crippen LogP contribution < -0.4 is 10.6 Å². The molecule has 0 saturated carbocycles. The summed E-state index contributed by atoms with van der Waals surface area (Å²) in [6.07, 6.45) is 4.27. The molecule has 2 fully saturated rings. The summed E-state index contributed by atoms with van der Waals surface area (Å²) in [4.78, 5) is 12.6. The molecule has 3 rings (SSSR count). The highest BCUT2D eigenvalue weighted by molar-refractivity contribution is 7.89. The highest BCUT2D eigenvalue weighted by Crippen LogP contribution is 2.21. The Balaban J connectivity index is 1.59. The van der Waals surface area contributed by atoms with Gasteiger partial charge in [-0.3, -0.25) is 4.79 Å². The number of hydrogen-bond donors (Lipinski definition) is 2. The SMILES string of the molecule is CC1CCNCC1NC(=O)Cc1ccc(S(=O)(=O)N2CCCCC2)cc1. The summed E-state index contributed by atoms with van der Waals surface area (Å²) in [5.74, 6) is 0.453. The Labute approximate surface area is 156 Å². The van der Waals surface area contributed by atoms with Crippen molar-refractivity contribution in [2.24, 2.45) is 5.92 Å². The predicted molar refractivity (Wildman–Crippen MR) is 101 cm³/mol. The van der Waals surface area contributed by atoms with E-state index >= 15 is 0 Å². The number of carbonyl (C=O) groups excluding carboxylic acids is 1. The van der Waals surface area contributed by atoms with Gasteiger partial charge in [-0.25, -0.2) is 8.42 Å². The first-order valence-electron chi connectivity index (χ1n) is 9.56. The maximum atomic E-state index is 12.7. The molecule has 2 unspecified atom stereocenters. The van der Waals surface area contributed by atoms with Gasteiger partial charge in [0.1, 0.15) is 0 Å². The van der Waals surface area contributed by atoms with E-state index < -0.39 is 10.0 Å². The van der Waals surface area contributed by atoms with Gasteiger partial charge in [0.15, 0.2) is 0 Å². The number of benzene rings is 1. The van der Waals surface area contributed by atoms with Crippen LogP contribution in [0.25, 0.3) is 0 Å². The fourth-order valence-corrected chi connectivity index (χ4v) is 5.18. The van der Waals surface area contributed by atoms with Gasteiger partial charge in [-0.05, 0) is 49.4 Å². The van der Waals surface area contributed by atoms with E-state index in [1.54, 1.807) is 28.6 Å². The van der Waals surface area contributed by atoms with Crippen LogP contribution in [0.1, 0.15) is 38.2 Å². The maximum absolute atomic E-state index is 12.7. The van der Waals surface area contributed by atoms with E-state index in [0.29, 0.717) is 23.9 Å². The summed E-state index contributed by atoms with van der Waals surface area (Å²) in [6, 6.07) is 6.90. The van der Waals surface area contributed by atoms with Crippen molar-refractivity contribution >= 4 is 15.9 Å². The Bertz CT molecular complexity index is 712. The third-order valence-electron chi connectivity index (χ3n) is 5.41. The van der Waals surface area contributed by atoms with Gasteiger partial charge in [0.05, 0.1) is 11.3 Å². The Morgan fingerprint density at radius 2 is 1.88 bits per heavy atom. The van der Waals surface area contributed by atoms with Crippen LogP contribution in [-0.2, 0) is 21.2 Å². The molecule has 1 aromatic rings. The van der Waals surface area contributed by atoms with Crippen molar-refractivity contribution in [3.63, 3.8) is 0 Å². The summed E-state index contributed by atoms with van der Waals surface area (Å²) in [6.45, 7) is 5.16. The Hall–Kier alpha value is -1.44. The summed E-state index contributed by atoms with van der Waals surface area (Å²) in [7, 11) is -3.41. The minimum Gasteiger partial charge on any atom is -0.352 e. The zero-order valence-corrected chi connectivity index (χ0v) is 16.2. The van der Waals surface area contributed by atoms with Crippen LogP contribution in [0.3, 0.4) is 0 Å². The predicted octanol–water partition coefficient (Wildman–Crippen LogP) is 1.52. The van der Waals surface area contributed by atoms with E-state index in [1.165, 1.54) is 0 Å². The van der Waals surface area contributed by atoms with Gasteiger partial charge >= 0.3 is 0 Å². The summed E-state index contributed by atoms with van der Waals surface area (Å²) >= 11 is 0. The molecular formula is C19H29N3O3S. The van der Waals surface area contributed by atoms with Crippen LogP contribution >= 0.6 is 0 Å². The smallest absolute Gasteiger partial charge is 0.243 e. The molecule has 2 N–H and O–H groups in total. The van der Waals surface area contributed by atoms with Gasteiger partial charge in [0, 0.05) is 25.7 Å². The molecule has 2 atom stereocenters. The molecule has 26 heavy (non-hydrogen) atoms. The van der Waals surface area contributed by atoms with E-state index in [1.807, 2.05) is 0 Å². The van der Waals surface area contributed by atoms with Crippen LogP contribution in [0.5, 0.6) is 0 Å². The second-order valence-corrected chi connectivity index (χ2v) is 9.37. The molecule has 0 bridgehead atoms. The number of piperidine rings is 2. The molecule has 2 aliphatic heterocycles. The number of nitrogens with one attached hydrogen (secondary N) is 2. The number of amides is 1.